The minimum absolute atomic E-state index is 0.149. The maximum absolute atomic E-state index is 10.9. The zero-order valence-electron chi connectivity index (χ0n) is 11.2. The molecular formula is C14H12Cl2N2O3. The van der Waals surface area contributed by atoms with Crippen molar-refractivity contribution in [1.29, 1.82) is 0 Å². The van der Waals surface area contributed by atoms with Crippen molar-refractivity contribution in [2.45, 2.75) is 13.3 Å². The number of aryl methyl sites for hydroxylation is 1. The van der Waals surface area contributed by atoms with Crippen LogP contribution in [0.15, 0.2) is 30.3 Å². The maximum atomic E-state index is 10.9. The number of ether oxygens (including phenoxy) is 1. The van der Waals surface area contributed by atoms with E-state index in [0.29, 0.717) is 22.2 Å². The standard InChI is InChI=1S/C14H12Cl2N2O3/c1-9-2-5-13(14(17-9)18(19)20)21-7-6-10-3-4-11(15)8-12(10)16/h2-5,8H,6-7H2,1H3. The van der Waals surface area contributed by atoms with Crippen LogP contribution in [0.5, 0.6) is 5.75 Å². The van der Waals surface area contributed by atoms with Gasteiger partial charge in [-0.05, 0) is 39.7 Å². The molecule has 0 fully saturated rings. The Morgan fingerprint density at radius 2 is 2.05 bits per heavy atom. The molecule has 0 atom stereocenters. The van der Waals surface area contributed by atoms with Crippen molar-refractivity contribution in [2.24, 2.45) is 0 Å². The Kier molecular flexibility index (Phi) is 4.98. The summed E-state index contributed by atoms with van der Waals surface area (Å²) in [4.78, 5) is 14.2. The summed E-state index contributed by atoms with van der Waals surface area (Å²) in [5.74, 6) is -0.132. The van der Waals surface area contributed by atoms with Gasteiger partial charge in [0.25, 0.3) is 0 Å². The second-order valence-corrected chi connectivity index (χ2v) is 5.21. The van der Waals surface area contributed by atoms with Crippen LogP contribution in [0.4, 0.5) is 5.82 Å². The first-order chi connectivity index (χ1) is 9.97. The Morgan fingerprint density at radius 3 is 2.71 bits per heavy atom. The van der Waals surface area contributed by atoms with Gasteiger partial charge in [0.1, 0.15) is 5.69 Å². The van der Waals surface area contributed by atoms with Crippen molar-refractivity contribution < 1.29 is 9.66 Å². The van der Waals surface area contributed by atoms with Gasteiger partial charge in [0.15, 0.2) is 0 Å². The lowest BCUT2D eigenvalue weighted by Crippen LogP contribution is -2.05. The van der Waals surface area contributed by atoms with Gasteiger partial charge < -0.3 is 14.9 Å². The monoisotopic (exact) mass is 326 g/mol. The molecular weight excluding hydrogens is 315 g/mol. The Balaban J connectivity index is 2.05. The van der Waals surface area contributed by atoms with Crippen LogP contribution in [0, 0.1) is 17.0 Å². The van der Waals surface area contributed by atoms with E-state index in [-0.39, 0.29) is 18.2 Å². The third-order valence-electron chi connectivity index (χ3n) is 2.80. The van der Waals surface area contributed by atoms with E-state index in [9.17, 15) is 10.1 Å². The smallest absolute Gasteiger partial charge is 0.406 e. The van der Waals surface area contributed by atoms with Crippen LogP contribution in [0.3, 0.4) is 0 Å². The van der Waals surface area contributed by atoms with Crippen molar-refractivity contribution in [3.8, 4) is 5.75 Å². The number of hydrogen-bond acceptors (Lipinski definition) is 4. The van der Waals surface area contributed by atoms with Crippen LogP contribution < -0.4 is 4.74 Å². The molecule has 0 unspecified atom stereocenters. The Hall–Kier alpha value is -1.85. The second kappa shape index (κ2) is 6.74. The highest BCUT2D eigenvalue weighted by molar-refractivity contribution is 6.35. The summed E-state index contributed by atoms with van der Waals surface area (Å²) < 4.78 is 5.45. The SMILES string of the molecule is Cc1ccc(OCCc2ccc(Cl)cc2Cl)c([N+](=O)[O-])n1. The van der Waals surface area contributed by atoms with Crippen LogP contribution >= 0.6 is 23.2 Å². The molecule has 0 aliphatic heterocycles. The quantitative estimate of drug-likeness (QED) is 0.609. The average Bonchev–Trinajstić information content (AvgIpc) is 2.42. The van der Waals surface area contributed by atoms with Gasteiger partial charge in [-0.25, -0.2) is 0 Å². The van der Waals surface area contributed by atoms with Crippen molar-refractivity contribution in [1.82, 2.24) is 4.98 Å². The summed E-state index contributed by atoms with van der Waals surface area (Å²) in [6, 6.07) is 8.39. The van der Waals surface area contributed by atoms with Crippen LogP contribution in [0.25, 0.3) is 0 Å². The van der Waals surface area contributed by atoms with E-state index in [1.54, 1.807) is 37.3 Å². The third kappa shape index (κ3) is 4.06. The molecule has 5 nitrogen and oxygen atoms in total. The third-order valence-corrected chi connectivity index (χ3v) is 3.38. The summed E-state index contributed by atoms with van der Waals surface area (Å²) in [5, 5.41) is 12.0. The predicted molar refractivity (Wildman–Crippen MR) is 81.3 cm³/mol. The van der Waals surface area contributed by atoms with Crippen molar-refractivity contribution in [3.05, 3.63) is 61.7 Å². The van der Waals surface area contributed by atoms with Gasteiger partial charge in [-0.1, -0.05) is 29.3 Å². The zero-order chi connectivity index (χ0) is 15.4. The van der Waals surface area contributed by atoms with Gasteiger partial charge in [0, 0.05) is 23.4 Å². The highest BCUT2D eigenvalue weighted by Gasteiger charge is 2.17. The van der Waals surface area contributed by atoms with E-state index in [1.165, 1.54) is 0 Å². The fourth-order valence-electron chi connectivity index (χ4n) is 1.77. The van der Waals surface area contributed by atoms with E-state index in [2.05, 4.69) is 4.98 Å². The molecule has 0 saturated carbocycles. The van der Waals surface area contributed by atoms with Gasteiger partial charge >= 0.3 is 5.82 Å². The molecule has 1 aromatic heterocycles. The lowest BCUT2D eigenvalue weighted by atomic mass is 10.2. The minimum atomic E-state index is -0.558. The molecule has 0 aliphatic carbocycles. The van der Waals surface area contributed by atoms with Crippen molar-refractivity contribution in [3.63, 3.8) is 0 Å². The number of halogens is 2. The number of nitrogens with zero attached hydrogens (tertiary/aromatic N) is 2. The largest absolute Gasteiger partial charge is 0.485 e. The maximum Gasteiger partial charge on any atom is 0.406 e. The summed E-state index contributed by atoms with van der Waals surface area (Å²) in [6.07, 6.45) is 0.515. The molecule has 0 spiro atoms. The van der Waals surface area contributed by atoms with E-state index >= 15 is 0 Å². The number of hydrogen-bond donors (Lipinski definition) is 0. The predicted octanol–water partition coefficient (Wildman–Crippen LogP) is 4.23. The molecule has 0 aliphatic rings. The Morgan fingerprint density at radius 1 is 1.29 bits per heavy atom. The van der Waals surface area contributed by atoms with Crippen LogP contribution in [-0.4, -0.2) is 16.5 Å². The fourth-order valence-corrected chi connectivity index (χ4v) is 2.27. The highest BCUT2D eigenvalue weighted by atomic mass is 35.5. The van der Waals surface area contributed by atoms with E-state index < -0.39 is 4.92 Å². The zero-order valence-corrected chi connectivity index (χ0v) is 12.7. The first-order valence-corrected chi connectivity index (χ1v) is 6.91. The summed E-state index contributed by atoms with van der Waals surface area (Å²) in [7, 11) is 0. The first-order valence-electron chi connectivity index (χ1n) is 6.16. The number of nitro groups is 1. The molecule has 2 rings (SSSR count). The van der Waals surface area contributed by atoms with E-state index in [0.717, 1.165) is 5.56 Å². The van der Waals surface area contributed by atoms with E-state index in [4.69, 9.17) is 27.9 Å². The topological polar surface area (TPSA) is 65.3 Å². The number of aromatic nitrogens is 1. The molecule has 0 saturated heterocycles. The van der Waals surface area contributed by atoms with Crippen LogP contribution in [0.1, 0.15) is 11.3 Å². The average molecular weight is 327 g/mol. The van der Waals surface area contributed by atoms with Crippen molar-refractivity contribution in [2.75, 3.05) is 6.61 Å². The van der Waals surface area contributed by atoms with Gasteiger partial charge in [-0.15, -0.1) is 0 Å². The molecule has 0 bridgehead atoms. The van der Waals surface area contributed by atoms with E-state index in [1.807, 2.05) is 0 Å². The van der Waals surface area contributed by atoms with Crippen molar-refractivity contribution >= 4 is 29.0 Å². The lowest BCUT2D eigenvalue weighted by molar-refractivity contribution is -0.390. The molecule has 0 amide bonds. The number of benzene rings is 1. The van der Waals surface area contributed by atoms with Crippen LogP contribution in [-0.2, 0) is 6.42 Å². The van der Waals surface area contributed by atoms with Gasteiger partial charge in [0.2, 0.25) is 5.75 Å². The van der Waals surface area contributed by atoms with Gasteiger partial charge in [-0.2, -0.15) is 0 Å². The van der Waals surface area contributed by atoms with Gasteiger partial charge in [-0.3, -0.25) is 0 Å². The first kappa shape index (κ1) is 15.5. The van der Waals surface area contributed by atoms with Gasteiger partial charge in [0.05, 0.1) is 6.61 Å². The molecule has 2 aromatic rings. The Labute approximate surface area is 131 Å². The number of rotatable bonds is 5. The molecule has 110 valence electrons. The Bertz CT molecular complexity index is 677. The second-order valence-electron chi connectivity index (χ2n) is 4.37. The molecule has 7 heteroatoms. The normalized spacial score (nSPS) is 10.4. The molecule has 1 heterocycles. The minimum Gasteiger partial charge on any atom is -0.485 e. The molecule has 0 N–H and O–H groups in total. The number of pyridine rings is 1. The summed E-state index contributed by atoms with van der Waals surface area (Å²) >= 11 is 11.9. The lowest BCUT2D eigenvalue weighted by Gasteiger charge is -2.08. The summed E-state index contributed by atoms with van der Waals surface area (Å²) in [6.45, 7) is 1.94. The highest BCUT2D eigenvalue weighted by Crippen LogP contribution is 2.25. The fraction of sp³-hybridized carbons (Fsp3) is 0.214. The molecule has 21 heavy (non-hydrogen) atoms. The molecule has 1 aromatic carbocycles. The van der Waals surface area contributed by atoms with Crippen LogP contribution in [0.2, 0.25) is 10.0 Å². The molecule has 0 radical (unpaired) electrons. The summed E-state index contributed by atoms with van der Waals surface area (Å²) in [5.41, 5.74) is 1.43.